The van der Waals surface area contributed by atoms with Gasteiger partial charge in [0.2, 0.25) is 0 Å². The molecule has 0 saturated carbocycles. The van der Waals surface area contributed by atoms with E-state index in [0.29, 0.717) is 6.04 Å². The molecule has 1 heterocycles. The van der Waals surface area contributed by atoms with Crippen molar-refractivity contribution >= 4 is 0 Å². The number of nitrogens with one attached hydrogen (secondary N) is 2. The predicted molar refractivity (Wildman–Crippen MR) is 47.2 cm³/mol. The van der Waals surface area contributed by atoms with Gasteiger partial charge in [0.05, 0.1) is 6.04 Å². The standard InChI is InChI=1S/C8H17N3/c1-3-11(4-2)8-5-9-7-10-6-8/h3,8-10H,1,4-7H2,2H3. The second-order valence-electron chi connectivity index (χ2n) is 2.75. The van der Waals surface area contributed by atoms with Crippen LogP contribution in [0.5, 0.6) is 0 Å². The first-order chi connectivity index (χ1) is 5.38. The first-order valence-corrected chi connectivity index (χ1v) is 4.18. The van der Waals surface area contributed by atoms with E-state index in [2.05, 4.69) is 29.0 Å². The molecule has 0 amide bonds. The van der Waals surface area contributed by atoms with Gasteiger partial charge in [0.25, 0.3) is 0 Å². The third-order valence-corrected chi connectivity index (χ3v) is 2.08. The van der Waals surface area contributed by atoms with E-state index in [0.717, 1.165) is 26.3 Å². The van der Waals surface area contributed by atoms with Crippen molar-refractivity contribution in [3.63, 3.8) is 0 Å². The fourth-order valence-electron chi connectivity index (χ4n) is 1.41. The van der Waals surface area contributed by atoms with Gasteiger partial charge in [-0.15, -0.1) is 0 Å². The van der Waals surface area contributed by atoms with Gasteiger partial charge in [0.15, 0.2) is 0 Å². The van der Waals surface area contributed by atoms with Crippen molar-refractivity contribution in [2.75, 3.05) is 26.3 Å². The maximum Gasteiger partial charge on any atom is 0.0534 e. The minimum atomic E-state index is 0.575. The average Bonchev–Trinajstić information content (AvgIpc) is 2.09. The SMILES string of the molecule is C=CN(CC)C1CNCNC1. The van der Waals surface area contributed by atoms with Crippen molar-refractivity contribution in [1.82, 2.24) is 15.5 Å². The van der Waals surface area contributed by atoms with Crippen LogP contribution in [0, 0.1) is 0 Å². The third-order valence-electron chi connectivity index (χ3n) is 2.08. The first-order valence-electron chi connectivity index (χ1n) is 4.18. The lowest BCUT2D eigenvalue weighted by atomic mass is 10.2. The summed E-state index contributed by atoms with van der Waals surface area (Å²) in [6.45, 7) is 10.0. The second-order valence-corrected chi connectivity index (χ2v) is 2.75. The molecular formula is C8H17N3. The Bertz CT molecular complexity index is 119. The smallest absolute Gasteiger partial charge is 0.0534 e. The summed E-state index contributed by atoms with van der Waals surface area (Å²) in [4.78, 5) is 2.25. The van der Waals surface area contributed by atoms with Gasteiger partial charge in [-0.1, -0.05) is 6.58 Å². The van der Waals surface area contributed by atoms with E-state index in [1.807, 2.05) is 6.20 Å². The second kappa shape index (κ2) is 4.36. The summed E-state index contributed by atoms with van der Waals surface area (Å²) >= 11 is 0. The van der Waals surface area contributed by atoms with Gasteiger partial charge >= 0.3 is 0 Å². The summed E-state index contributed by atoms with van der Waals surface area (Å²) in [6, 6.07) is 0.575. The van der Waals surface area contributed by atoms with Crippen molar-refractivity contribution in [2.45, 2.75) is 13.0 Å². The summed E-state index contributed by atoms with van der Waals surface area (Å²) in [5, 5.41) is 6.57. The van der Waals surface area contributed by atoms with Gasteiger partial charge in [-0.2, -0.15) is 0 Å². The molecule has 3 heteroatoms. The van der Waals surface area contributed by atoms with Crippen LogP contribution in [0.2, 0.25) is 0 Å². The fraction of sp³-hybridized carbons (Fsp3) is 0.750. The number of hydrogen-bond donors (Lipinski definition) is 2. The normalized spacial score (nSPS) is 19.7. The molecule has 0 aliphatic carbocycles. The van der Waals surface area contributed by atoms with Gasteiger partial charge in [0.1, 0.15) is 0 Å². The Morgan fingerprint density at radius 1 is 1.55 bits per heavy atom. The van der Waals surface area contributed by atoms with Crippen LogP contribution in [0.25, 0.3) is 0 Å². The monoisotopic (exact) mass is 155 g/mol. The van der Waals surface area contributed by atoms with E-state index in [1.54, 1.807) is 0 Å². The van der Waals surface area contributed by atoms with Crippen LogP contribution in [0.1, 0.15) is 6.92 Å². The Kier molecular flexibility index (Phi) is 3.39. The van der Waals surface area contributed by atoms with Gasteiger partial charge < -0.3 is 15.5 Å². The number of likely N-dealkylation sites (N-methyl/N-ethyl adjacent to an activating group) is 1. The molecule has 0 bridgehead atoms. The van der Waals surface area contributed by atoms with Crippen LogP contribution in [0.15, 0.2) is 12.8 Å². The van der Waals surface area contributed by atoms with Crippen LogP contribution in [0.4, 0.5) is 0 Å². The molecule has 0 spiro atoms. The summed E-state index contributed by atoms with van der Waals surface area (Å²) in [5.41, 5.74) is 0. The summed E-state index contributed by atoms with van der Waals surface area (Å²) in [7, 11) is 0. The molecule has 2 N–H and O–H groups in total. The number of hydrogen-bond acceptors (Lipinski definition) is 3. The van der Waals surface area contributed by atoms with Crippen LogP contribution < -0.4 is 10.6 Å². The van der Waals surface area contributed by atoms with E-state index in [9.17, 15) is 0 Å². The number of rotatable bonds is 3. The Hall–Kier alpha value is -0.540. The lowest BCUT2D eigenvalue weighted by Crippen LogP contribution is -2.53. The Labute approximate surface area is 68.5 Å². The predicted octanol–water partition coefficient (Wildman–Crippen LogP) is -0.0293. The zero-order chi connectivity index (χ0) is 8.10. The first kappa shape index (κ1) is 8.56. The maximum absolute atomic E-state index is 3.78. The van der Waals surface area contributed by atoms with E-state index in [1.165, 1.54) is 0 Å². The summed E-state index contributed by atoms with van der Waals surface area (Å²) in [5.74, 6) is 0. The average molecular weight is 155 g/mol. The van der Waals surface area contributed by atoms with Crippen molar-refractivity contribution in [3.05, 3.63) is 12.8 Å². The minimum absolute atomic E-state index is 0.575. The molecule has 11 heavy (non-hydrogen) atoms. The third kappa shape index (κ3) is 2.20. The molecule has 0 aromatic rings. The van der Waals surface area contributed by atoms with E-state index < -0.39 is 0 Å². The molecule has 1 saturated heterocycles. The fourth-order valence-corrected chi connectivity index (χ4v) is 1.41. The molecule has 0 atom stereocenters. The largest absolute Gasteiger partial charge is 0.373 e. The molecule has 0 aromatic carbocycles. The molecular weight excluding hydrogens is 138 g/mol. The van der Waals surface area contributed by atoms with Gasteiger partial charge in [0, 0.05) is 26.3 Å². The van der Waals surface area contributed by atoms with Crippen LogP contribution in [-0.2, 0) is 0 Å². The molecule has 0 unspecified atom stereocenters. The van der Waals surface area contributed by atoms with E-state index >= 15 is 0 Å². The Morgan fingerprint density at radius 2 is 2.18 bits per heavy atom. The maximum atomic E-state index is 3.78. The topological polar surface area (TPSA) is 27.3 Å². The molecule has 1 rings (SSSR count). The van der Waals surface area contributed by atoms with Gasteiger partial charge in [-0.05, 0) is 13.1 Å². The zero-order valence-electron chi connectivity index (χ0n) is 7.14. The van der Waals surface area contributed by atoms with E-state index in [4.69, 9.17) is 0 Å². The van der Waals surface area contributed by atoms with Crippen LogP contribution in [-0.4, -0.2) is 37.2 Å². The Morgan fingerprint density at radius 3 is 2.64 bits per heavy atom. The van der Waals surface area contributed by atoms with E-state index in [-0.39, 0.29) is 0 Å². The Balaban J connectivity index is 2.35. The van der Waals surface area contributed by atoms with Crippen LogP contribution >= 0.6 is 0 Å². The van der Waals surface area contributed by atoms with Crippen LogP contribution in [0.3, 0.4) is 0 Å². The van der Waals surface area contributed by atoms with Crippen molar-refractivity contribution in [3.8, 4) is 0 Å². The molecule has 0 radical (unpaired) electrons. The molecule has 1 aliphatic rings. The highest BCUT2D eigenvalue weighted by Gasteiger charge is 2.15. The summed E-state index contributed by atoms with van der Waals surface area (Å²) < 4.78 is 0. The van der Waals surface area contributed by atoms with Gasteiger partial charge in [-0.25, -0.2) is 0 Å². The van der Waals surface area contributed by atoms with Crippen molar-refractivity contribution in [2.24, 2.45) is 0 Å². The minimum Gasteiger partial charge on any atom is -0.373 e. The quantitative estimate of drug-likeness (QED) is 0.599. The molecule has 0 aromatic heterocycles. The van der Waals surface area contributed by atoms with Crippen molar-refractivity contribution in [1.29, 1.82) is 0 Å². The lowest BCUT2D eigenvalue weighted by molar-refractivity contribution is 0.243. The highest BCUT2D eigenvalue weighted by Crippen LogP contribution is 1.99. The molecule has 1 fully saturated rings. The summed E-state index contributed by atoms with van der Waals surface area (Å²) in [6.07, 6.45) is 1.92. The van der Waals surface area contributed by atoms with Crippen molar-refractivity contribution < 1.29 is 0 Å². The highest BCUT2D eigenvalue weighted by molar-refractivity contribution is 4.84. The molecule has 1 aliphatic heterocycles. The zero-order valence-corrected chi connectivity index (χ0v) is 7.14. The molecule has 64 valence electrons. The molecule has 3 nitrogen and oxygen atoms in total. The lowest BCUT2D eigenvalue weighted by Gasteiger charge is -2.33. The highest BCUT2D eigenvalue weighted by atomic mass is 15.2. The number of nitrogens with zero attached hydrogens (tertiary/aromatic N) is 1. The van der Waals surface area contributed by atoms with Gasteiger partial charge in [-0.3, -0.25) is 0 Å².